The summed E-state index contributed by atoms with van der Waals surface area (Å²) >= 11 is 5.95. The first kappa shape index (κ1) is 17.2. The van der Waals surface area contributed by atoms with Crippen molar-refractivity contribution < 1.29 is 4.79 Å². The molecule has 3 nitrogen and oxygen atoms in total. The van der Waals surface area contributed by atoms with Gasteiger partial charge in [-0.15, -0.1) is 0 Å². The van der Waals surface area contributed by atoms with Gasteiger partial charge >= 0.3 is 0 Å². The fourth-order valence-electron chi connectivity index (χ4n) is 2.29. The summed E-state index contributed by atoms with van der Waals surface area (Å²) in [5, 5.41) is 3.04. The quantitative estimate of drug-likeness (QED) is 0.762. The fourth-order valence-corrected chi connectivity index (χ4v) is 2.46. The number of halogens is 1. The van der Waals surface area contributed by atoms with Crippen molar-refractivity contribution in [3.05, 3.63) is 65.0 Å². The van der Waals surface area contributed by atoms with Crippen LogP contribution in [0, 0.1) is 5.41 Å². The van der Waals surface area contributed by atoms with Gasteiger partial charge in [0, 0.05) is 11.8 Å². The molecule has 1 aromatic heterocycles. The summed E-state index contributed by atoms with van der Waals surface area (Å²) in [6.07, 6.45) is 3.80. The first-order valence-corrected chi connectivity index (χ1v) is 7.86. The number of anilines is 1. The van der Waals surface area contributed by atoms with Crippen molar-refractivity contribution in [1.82, 2.24) is 4.98 Å². The Morgan fingerprint density at radius 2 is 1.74 bits per heavy atom. The highest BCUT2D eigenvalue weighted by atomic mass is 35.5. The second kappa shape index (κ2) is 6.97. The van der Waals surface area contributed by atoms with Crippen LogP contribution in [-0.2, 0) is 0 Å². The molecule has 1 heterocycles. The molecule has 0 spiro atoms. The van der Waals surface area contributed by atoms with Crippen LogP contribution in [0.15, 0.2) is 48.7 Å². The smallest absolute Gasteiger partial charge is 0.255 e. The number of allylic oxidation sites excluding steroid dienone is 2. The largest absolute Gasteiger partial charge is 0.319 e. The van der Waals surface area contributed by atoms with Crippen molar-refractivity contribution in [3.8, 4) is 0 Å². The van der Waals surface area contributed by atoms with Crippen LogP contribution in [0.4, 0.5) is 5.69 Å². The number of benzene rings is 1. The Hall–Kier alpha value is -2.13. The van der Waals surface area contributed by atoms with Crippen LogP contribution in [0.25, 0.3) is 5.57 Å². The van der Waals surface area contributed by atoms with Crippen LogP contribution in [0.5, 0.6) is 0 Å². The summed E-state index contributed by atoms with van der Waals surface area (Å²) in [4.78, 5) is 16.2. The van der Waals surface area contributed by atoms with Gasteiger partial charge in [0.1, 0.15) is 0 Å². The van der Waals surface area contributed by atoms with E-state index in [-0.39, 0.29) is 16.5 Å². The van der Waals surface area contributed by atoms with E-state index in [0.717, 1.165) is 5.56 Å². The SMILES string of the molecule is C/C(=C\C(C)(C)C)c1ccc(C(=O)Nc2cccnc2Cl)cc1. The lowest BCUT2D eigenvalue weighted by Crippen LogP contribution is -2.12. The molecule has 4 heteroatoms. The highest BCUT2D eigenvalue weighted by Gasteiger charge is 2.10. The average Bonchev–Trinajstić information content (AvgIpc) is 2.48. The molecule has 1 amide bonds. The maximum absolute atomic E-state index is 12.3. The molecule has 2 aromatic rings. The Kier molecular flexibility index (Phi) is 5.22. The number of amides is 1. The first-order chi connectivity index (χ1) is 10.8. The van der Waals surface area contributed by atoms with Crippen LogP contribution >= 0.6 is 11.6 Å². The van der Waals surface area contributed by atoms with Gasteiger partial charge in [-0.25, -0.2) is 4.98 Å². The normalized spacial score (nSPS) is 12.1. The zero-order valence-corrected chi connectivity index (χ0v) is 14.6. The van der Waals surface area contributed by atoms with Gasteiger partial charge < -0.3 is 5.32 Å². The van der Waals surface area contributed by atoms with E-state index in [1.807, 2.05) is 24.3 Å². The Labute approximate surface area is 142 Å². The third kappa shape index (κ3) is 4.93. The molecule has 0 aliphatic rings. The van der Waals surface area contributed by atoms with E-state index in [0.29, 0.717) is 11.3 Å². The predicted molar refractivity (Wildman–Crippen MR) is 96.7 cm³/mol. The van der Waals surface area contributed by atoms with Gasteiger partial charge in [0.05, 0.1) is 5.69 Å². The highest BCUT2D eigenvalue weighted by molar-refractivity contribution is 6.32. The number of nitrogens with zero attached hydrogens (tertiary/aromatic N) is 1. The Morgan fingerprint density at radius 1 is 1.13 bits per heavy atom. The number of carbonyl (C=O) groups excluding carboxylic acids is 1. The van der Waals surface area contributed by atoms with Crippen molar-refractivity contribution in [3.63, 3.8) is 0 Å². The number of nitrogens with one attached hydrogen (secondary N) is 1. The summed E-state index contributed by atoms with van der Waals surface area (Å²) in [6.45, 7) is 8.57. The van der Waals surface area contributed by atoms with E-state index in [9.17, 15) is 4.79 Å². The van der Waals surface area contributed by atoms with Crippen molar-refractivity contribution in [1.29, 1.82) is 0 Å². The van der Waals surface area contributed by atoms with Crippen molar-refractivity contribution >= 4 is 28.8 Å². The standard InChI is InChI=1S/C19H21ClN2O/c1-13(12-19(2,3)4)14-7-9-15(10-8-14)18(23)22-16-6-5-11-21-17(16)20/h5-12H,1-4H3,(H,22,23)/b13-12+. The van der Waals surface area contributed by atoms with Gasteiger partial charge in [0.15, 0.2) is 5.15 Å². The molecule has 0 saturated heterocycles. The lowest BCUT2D eigenvalue weighted by atomic mass is 9.91. The minimum atomic E-state index is -0.205. The van der Waals surface area contributed by atoms with Crippen LogP contribution in [0.2, 0.25) is 5.15 Å². The van der Waals surface area contributed by atoms with E-state index in [4.69, 9.17) is 11.6 Å². The molecule has 0 atom stereocenters. The van der Waals surface area contributed by atoms with E-state index >= 15 is 0 Å². The monoisotopic (exact) mass is 328 g/mol. The molecule has 0 fully saturated rings. The van der Waals surface area contributed by atoms with Crippen molar-refractivity contribution in [2.24, 2.45) is 5.41 Å². The molecule has 0 aliphatic carbocycles. The molecule has 120 valence electrons. The molecule has 1 aromatic carbocycles. The van der Waals surface area contributed by atoms with Gasteiger partial charge in [-0.3, -0.25) is 4.79 Å². The summed E-state index contributed by atoms with van der Waals surface area (Å²) in [6, 6.07) is 11.0. The maximum Gasteiger partial charge on any atom is 0.255 e. The number of hydrogen-bond acceptors (Lipinski definition) is 2. The zero-order chi connectivity index (χ0) is 17.0. The molecule has 1 N–H and O–H groups in total. The molecule has 0 radical (unpaired) electrons. The van der Waals surface area contributed by atoms with Gasteiger partial charge in [-0.2, -0.15) is 0 Å². The van der Waals surface area contributed by atoms with E-state index in [2.05, 4.69) is 44.1 Å². The molecule has 0 saturated carbocycles. The van der Waals surface area contributed by atoms with E-state index < -0.39 is 0 Å². The minimum absolute atomic E-state index is 0.122. The summed E-state index contributed by atoms with van der Waals surface area (Å²) < 4.78 is 0. The molecule has 2 rings (SSSR count). The van der Waals surface area contributed by atoms with Crippen LogP contribution in [-0.4, -0.2) is 10.9 Å². The Morgan fingerprint density at radius 3 is 2.30 bits per heavy atom. The molecule has 0 unspecified atom stereocenters. The lowest BCUT2D eigenvalue weighted by molar-refractivity contribution is 0.102. The van der Waals surface area contributed by atoms with Crippen molar-refractivity contribution in [2.45, 2.75) is 27.7 Å². The van der Waals surface area contributed by atoms with E-state index in [1.54, 1.807) is 18.3 Å². The number of hydrogen-bond donors (Lipinski definition) is 1. The summed E-state index contributed by atoms with van der Waals surface area (Å²) in [5.74, 6) is -0.205. The highest BCUT2D eigenvalue weighted by Crippen LogP contribution is 2.24. The topological polar surface area (TPSA) is 42.0 Å². The Bertz CT molecular complexity index is 728. The van der Waals surface area contributed by atoms with Crippen molar-refractivity contribution in [2.75, 3.05) is 5.32 Å². The maximum atomic E-state index is 12.3. The third-order valence-electron chi connectivity index (χ3n) is 3.26. The third-order valence-corrected chi connectivity index (χ3v) is 3.56. The zero-order valence-electron chi connectivity index (χ0n) is 13.9. The summed E-state index contributed by atoms with van der Waals surface area (Å²) in [5.41, 5.74) is 3.51. The number of carbonyl (C=O) groups is 1. The first-order valence-electron chi connectivity index (χ1n) is 7.48. The number of rotatable bonds is 3. The minimum Gasteiger partial charge on any atom is -0.319 e. The second-order valence-electron chi connectivity index (χ2n) is 6.57. The average molecular weight is 329 g/mol. The lowest BCUT2D eigenvalue weighted by Gasteiger charge is -2.14. The Balaban J connectivity index is 2.15. The van der Waals surface area contributed by atoms with Crippen LogP contribution in [0.1, 0.15) is 43.6 Å². The van der Waals surface area contributed by atoms with Gasteiger partial charge in [0.2, 0.25) is 0 Å². The van der Waals surface area contributed by atoms with Crippen LogP contribution < -0.4 is 5.32 Å². The van der Waals surface area contributed by atoms with Gasteiger partial charge in [-0.05, 0) is 47.7 Å². The summed E-state index contributed by atoms with van der Waals surface area (Å²) in [7, 11) is 0. The van der Waals surface area contributed by atoms with Gasteiger partial charge in [-0.1, -0.05) is 50.6 Å². The van der Waals surface area contributed by atoms with E-state index in [1.165, 1.54) is 5.57 Å². The number of pyridine rings is 1. The molecular formula is C19H21ClN2O. The fraction of sp³-hybridized carbons (Fsp3) is 0.263. The molecule has 0 bridgehead atoms. The molecule has 23 heavy (non-hydrogen) atoms. The molecule has 0 aliphatic heterocycles. The van der Waals surface area contributed by atoms with Gasteiger partial charge in [0.25, 0.3) is 5.91 Å². The molecular weight excluding hydrogens is 308 g/mol. The number of aromatic nitrogens is 1. The van der Waals surface area contributed by atoms with Crippen LogP contribution in [0.3, 0.4) is 0 Å². The predicted octanol–water partition coefficient (Wildman–Crippen LogP) is 5.44. The second-order valence-corrected chi connectivity index (χ2v) is 6.92.